The van der Waals surface area contributed by atoms with Gasteiger partial charge in [-0.2, -0.15) is 0 Å². The van der Waals surface area contributed by atoms with Gasteiger partial charge in [0.05, 0.1) is 13.5 Å². The first-order valence-corrected chi connectivity index (χ1v) is 9.38. The number of anilines is 1. The smallest absolute Gasteiger partial charge is 0.291 e. The second-order valence-corrected chi connectivity index (χ2v) is 6.80. The lowest BCUT2D eigenvalue weighted by Crippen LogP contribution is -2.24. The van der Waals surface area contributed by atoms with E-state index in [4.69, 9.17) is 9.15 Å². The number of hydrogen-bond acceptors (Lipinski definition) is 4. The van der Waals surface area contributed by atoms with Crippen LogP contribution in [0.15, 0.2) is 69.8 Å². The Balaban J connectivity index is 1.52. The topological polar surface area (TPSA) is 80.6 Å². The number of para-hydroxylation sites is 1. The molecule has 6 nitrogen and oxygen atoms in total. The zero-order valence-corrected chi connectivity index (χ0v) is 16.8. The zero-order valence-electron chi connectivity index (χ0n) is 15.2. The number of furan rings is 1. The van der Waals surface area contributed by atoms with Gasteiger partial charge in [0.1, 0.15) is 5.75 Å². The first kappa shape index (κ1) is 19.7. The van der Waals surface area contributed by atoms with Crippen LogP contribution < -0.4 is 15.4 Å². The summed E-state index contributed by atoms with van der Waals surface area (Å²) in [6, 6.07) is 17.9. The minimum Gasteiger partial charge on any atom is -0.496 e. The fourth-order valence-corrected chi connectivity index (χ4v) is 2.93. The van der Waals surface area contributed by atoms with Gasteiger partial charge < -0.3 is 19.8 Å². The van der Waals surface area contributed by atoms with Crippen LogP contribution in [-0.2, 0) is 17.8 Å². The van der Waals surface area contributed by atoms with Gasteiger partial charge in [0.2, 0.25) is 5.91 Å². The molecule has 0 fully saturated rings. The molecule has 0 saturated heterocycles. The number of hydrogen-bond donors (Lipinski definition) is 2. The minimum absolute atomic E-state index is 0.0943. The third kappa shape index (κ3) is 5.23. The van der Waals surface area contributed by atoms with Gasteiger partial charge in [-0.05, 0) is 51.8 Å². The summed E-state index contributed by atoms with van der Waals surface area (Å²) in [7, 11) is 1.60. The Morgan fingerprint density at radius 2 is 1.79 bits per heavy atom. The molecule has 2 N–H and O–H groups in total. The van der Waals surface area contributed by atoms with Crippen molar-refractivity contribution in [3.8, 4) is 5.75 Å². The number of rotatable bonds is 7. The van der Waals surface area contributed by atoms with Crippen LogP contribution in [0.1, 0.15) is 21.7 Å². The molecule has 2 aromatic carbocycles. The standard InChI is InChI=1S/C21H19BrN2O4/c1-27-17-5-3-2-4-15(17)13-23-20(25)12-14-6-8-16(9-7-14)24-21(26)18-10-11-19(22)28-18/h2-11H,12-13H2,1H3,(H,23,25)(H,24,26). The van der Waals surface area contributed by atoms with Crippen LogP contribution in [0.3, 0.4) is 0 Å². The molecule has 2 amide bonds. The van der Waals surface area contributed by atoms with Crippen molar-refractivity contribution in [1.82, 2.24) is 5.32 Å². The number of ether oxygens (including phenoxy) is 1. The molecule has 3 aromatic rings. The Labute approximate surface area is 171 Å². The Bertz CT molecular complexity index is 967. The first-order valence-electron chi connectivity index (χ1n) is 8.59. The van der Waals surface area contributed by atoms with Crippen LogP contribution in [0.25, 0.3) is 0 Å². The molecule has 144 valence electrons. The fraction of sp³-hybridized carbons (Fsp3) is 0.143. The highest BCUT2D eigenvalue weighted by molar-refractivity contribution is 9.10. The van der Waals surface area contributed by atoms with Crippen molar-refractivity contribution in [2.75, 3.05) is 12.4 Å². The summed E-state index contributed by atoms with van der Waals surface area (Å²) in [6.45, 7) is 0.399. The van der Waals surface area contributed by atoms with E-state index in [0.29, 0.717) is 16.9 Å². The summed E-state index contributed by atoms with van der Waals surface area (Å²) in [5.41, 5.74) is 2.38. The molecule has 7 heteroatoms. The number of carbonyl (C=O) groups is 2. The molecule has 0 aliphatic rings. The van der Waals surface area contributed by atoms with Gasteiger partial charge in [-0.15, -0.1) is 0 Å². The number of halogens is 1. The van der Waals surface area contributed by atoms with Crippen molar-refractivity contribution in [2.24, 2.45) is 0 Å². The average molecular weight is 443 g/mol. The van der Waals surface area contributed by atoms with Crippen LogP contribution in [0.2, 0.25) is 0 Å². The summed E-state index contributed by atoms with van der Waals surface area (Å²) in [4.78, 5) is 24.3. The summed E-state index contributed by atoms with van der Waals surface area (Å²) >= 11 is 3.16. The lowest BCUT2D eigenvalue weighted by Gasteiger charge is -2.10. The van der Waals surface area contributed by atoms with E-state index < -0.39 is 0 Å². The molecule has 1 aromatic heterocycles. The predicted octanol–water partition coefficient (Wildman–Crippen LogP) is 4.16. The van der Waals surface area contributed by atoms with E-state index in [-0.39, 0.29) is 24.0 Å². The van der Waals surface area contributed by atoms with Gasteiger partial charge in [-0.1, -0.05) is 30.3 Å². The third-order valence-electron chi connectivity index (χ3n) is 4.04. The van der Waals surface area contributed by atoms with E-state index in [9.17, 15) is 9.59 Å². The average Bonchev–Trinajstić information content (AvgIpc) is 3.14. The summed E-state index contributed by atoms with van der Waals surface area (Å²) in [6.07, 6.45) is 0.245. The van der Waals surface area contributed by atoms with E-state index in [1.807, 2.05) is 24.3 Å². The molecule has 28 heavy (non-hydrogen) atoms. The molecule has 1 heterocycles. The van der Waals surface area contributed by atoms with Crippen LogP contribution in [0.4, 0.5) is 5.69 Å². The van der Waals surface area contributed by atoms with Crippen molar-refractivity contribution in [3.63, 3.8) is 0 Å². The highest BCUT2D eigenvalue weighted by Gasteiger charge is 2.11. The van der Waals surface area contributed by atoms with Crippen molar-refractivity contribution in [3.05, 3.63) is 82.2 Å². The second kappa shape index (κ2) is 9.23. The molecule has 0 unspecified atom stereocenters. The predicted molar refractivity (Wildman–Crippen MR) is 109 cm³/mol. The molecule has 0 aliphatic heterocycles. The van der Waals surface area contributed by atoms with E-state index in [0.717, 1.165) is 16.9 Å². The van der Waals surface area contributed by atoms with E-state index in [1.165, 1.54) is 0 Å². The van der Waals surface area contributed by atoms with Gasteiger partial charge >= 0.3 is 0 Å². The zero-order chi connectivity index (χ0) is 19.9. The molecular formula is C21H19BrN2O4. The summed E-state index contributed by atoms with van der Waals surface area (Å²) in [5.74, 6) is 0.522. The van der Waals surface area contributed by atoms with Crippen molar-refractivity contribution in [1.29, 1.82) is 0 Å². The minimum atomic E-state index is -0.340. The number of benzene rings is 2. The fourth-order valence-electron chi connectivity index (χ4n) is 2.63. The normalized spacial score (nSPS) is 10.4. The maximum Gasteiger partial charge on any atom is 0.291 e. The monoisotopic (exact) mass is 442 g/mol. The molecule has 0 atom stereocenters. The number of nitrogens with one attached hydrogen (secondary N) is 2. The highest BCUT2D eigenvalue weighted by Crippen LogP contribution is 2.18. The molecule has 0 spiro atoms. The molecule has 0 saturated carbocycles. The quantitative estimate of drug-likeness (QED) is 0.575. The second-order valence-electron chi connectivity index (χ2n) is 6.02. The number of methoxy groups -OCH3 is 1. The summed E-state index contributed by atoms with van der Waals surface area (Å²) < 4.78 is 11.0. The summed E-state index contributed by atoms with van der Waals surface area (Å²) in [5, 5.41) is 5.63. The third-order valence-corrected chi connectivity index (χ3v) is 4.47. The van der Waals surface area contributed by atoms with Crippen LogP contribution >= 0.6 is 15.9 Å². The van der Waals surface area contributed by atoms with E-state index >= 15 is 0 Å². The van der Waals surface area contributed by atoms with Crippen molar-refractivity contribution < 1.29 is 18.7 Å². The van der Waals surface area contributed by atoms with Gasteiger partial charge in [0.25, 0.3) is 5.91 Å². The molecule has 0 radical (unpaired) electrons. The maximum atomic E-state index is 12.2. The SMILES string of the molecule is COc1ccccc1CNC(=O)Cc1ccc(NC(=O)c2ccc(Br)o2)cc1. The lowest BCUT2D eigenvalue weighted by atomic mass is 10.1. The molecule has 3 rings (SSSR count). The van der Waals surface area contributed by atoms with Crippen molar-refractivity contribution in [2.45, 2.75) is 13.0 Å². The Morgan fingerprint density at radius 3 is 2.46 bits per heavy atom. The van der Waals surface area contributed by atoms with Crippen LogP contribution in [-0.4, -0.2) is 18.9 Å². The van der Waals surface area contributed by atoms with Crippen LogP contribution in [0.5, 0.6) is 5.75 Å². The Kier molecular flexibility index (Phi) is 6.49. The Morgan fingerprint density at radius 1 is 1.04 bits per heavy atom. The van der Waals surface area contributed by atoms with E-state index in [2.05, 4.69) is 26.6 Å². The largest absolute Gasteiger partial charge is 0.496 e. The van der Waals surface area contributed by atoms with Crippen LogP contribution in [0, 0.1) is 0 Å². The highest BCUT2D eigenvalue weighted by atomic mass is 79.9. The van der Waals surface area contributed by atoms with E-state index in [1.54, 1.807) is 43.5 Å². The van der Waals surface area contributed by atoms with Gasteiger partial charge in [0.15, 0.2) is 10.4 Å². The maximum absolute atomic E-state index is 12.2. The number of carbonyl (C=O) groups excluding carboxylic acids is 2. The molecular weight excluding hydrogens is 424 g/mol. The molecule has 0 aliphatic carbocycles. The molecule has 0 bridgehead atoms. The van der Waals surface area contributed by atoms with Crippen molar-refractivity contribution >= 4 is 33.4 Å². The Hall–Kier alpha value is -3.06. The number of amides is 2. The van der Waals surface area contributed by atoms with Gasteiger partial charge in [-0.3, -0.25) is 9.59 Å². The first-order chi connectivity index (χ1) is 13.5. The van der Waals surface area contributed by atoms with Gasteiger partial charge in [-0.25, -0.2) is 0 Å². The van der Waals surface area contributed by atoms with Gasteiger partial charge in [0, 0.05) is 17.8 Å². The lowest BCUT2D eigenvalue weighted by molar-refractivity contribution is -0.120.